The molecule has 9 heteroatoms. The third-order valence-corrected chi connectivity index (χ3v) is 7.53. The van der Waals surface area contributed by atoms with Gasteiger partial charge in [0.2, 0.25) is 5.91 Å². The molecule has 0 aliphatic carbocycles. The molecule has 3 N–H and O–H groups in total. The molecular formula is C34H32N6O3. The van der Waals surface area contributed by atoms with Gasteiger partial charge in [0.05, 0.1) is 17.2 Å². The van der Waals surface area contributed by atoms with Gasteiger partial charge in [-0.15, -0.1) is 0 Å². The van der Waals surface area contributed by atoms with Crippen LogP contribution in [0.4, 0.5) is 22.9 Å². The van der Waals surface area contributed by atoms with Crippen LogP contribution in [0.2, 0.25) is 0 Å². The number of aromatic nitrogens is 1. The Kier molecular flexibility index (Phi) is 8.77. The first-order valence-corrected chi connectivity index (χ1v) is 14.1. The number of likely N-dealkylation sites (tertiary alicyclic amines) is 1. The van der Waals surface area contributed by atoms with Crippen LogP contribution in [0.15, 0.2) is 85.1 Å². The first-order valence-electron chi connectivity index (χ1n) is 14.1. The van der Waals surface area contributed by atoms with Crippen LogP contribution in [0.5, 0.6) is 0 Å². The maximum absolute atomic E-state index is 13.3. The first-order chi connectivity index (χ1) is 20.8. The second kappa shape index (κ2) is 13.0. The highest BCUT2D eigenvalue weighted by Crippen LogP contribution is 2.29. The highest BCUT2D eigenvalue weighted by molar-refractivity contribution is 6.05. The lowest BCUT2D eigenvalue weighted by Gasteiger charge is -2.32. The molecule has 0 radical (unpaired) electrons. The van der Waals surface area contributed by atoms with Gasteiger partial charge in [0.25, 0.3) is 11.8 Å². The zero-order chi connectivity index (χ0) is 30.3. The van der Waals surface area contributed by atoms with E-state index in [1.165, 1.54) is 18.7 Å². The predicted molar refractivity (Wildman–Crippen MR) is 166 cm³/mol. The molecule has 0 spiro atoms. The summed E-state index contributed by atoms with van der Waals surface area (Å²) in [4.78, 5) is 43.8. The monoisotopic (exact) mass is 572 g/mol. The molecule has 0 atom stereocenters. The van der Waals surface area contributed by atoms with Crippen molar-refractivity contribution in [3.63, 3.8) is 0 Å². The van der Waals surface area contributed by atoms with Crippen LogP contribution in [0, 0.1) is 18.3 Å². The van der Waals surface area contributed by atoms with E-state index in [0.717, 1.165) is 24.1 Å². The molecule has 3 amide bonds. The second-order valence-corrected chi connectivity index (χ2v) is 10.6. The lowest BCUT2D eigenvalue weighted by atomic mass is 9.89. The zero-order valence-electron chi connectivity index (χ0n) is 24.1. The van der Waals surface area contributed by atoms with Crippen LogP contribution >= 0.6 is 0 Å². The molecule has 0 bridgehead atoms. The number of nitrogens with zero attached hydrogens (tertiary/aromatic N) is 3. The summed E-state index contributed by atoms with van der Waals surface area (Å²) in [5.41, 5.74) is 5.66. The number of nitrogens with one attached hydrogen (secondary N) is 3. The summed E-state index contributed by atoms with van der Waals surface area (Å²) in [5, 5.41) is 17.8. The second-order valence-electron chi connectivity index (χ2n) is 10.6. The summed E-state index contributed by atoms with van der Waals surface area (Å²) >= 11 is 0. The summed E-state index contributed by atoms with van der Waals surface area (Å²) in [6.07, 6.45) is 3.20. The molecule has 43 heavy (non-hydrogen) atoms. The lowest BCUT2D eigenvalue weighted by molar-refractivity contribution is -0.114. The Hall–Kier alpha value is -5.49. The van der Waals surface area contributed by atoms with Gasteiger partial charge in [0.1, 0.15) is 5.82 Å². The van der Waals surface area contributed by atoms with Crippen molar-refractivity contribution >= 4 is 40.6 Å². The van der Waals surface area contributed by atoms with Crippen LogP contribution in [0.3, 0.4) is 0 Å². The number of piperidine rings is 1. The van der Waals surface area contributed by atoms with Crippen LogP contribution < -0.4 is 16.0 Å². The summed E-state index contributed by atoms with van der Waals surface area (Å²) in [5.74, 6) is 0.401. The van der Waals surface area contributed by atoms with Crippen LogP contribution in [-0.2, 0) is 4.79 Å². The number of nitriles is 1. The van der Waals surface area contributed by atoms with Crippen molar-refractivity contribution in [3.05, 3.63) is 113 Å². The fourth-order valence-electron chi connectivity index (χ4n) is 5.10. The maximum atomic E-state index is 13.3. The normalized spacial score (nSPS) is 13.1. The van der Waals surface area contributed by atoms with Crippen molar-refractivity contribution in [1.82, 2.24) is 9.88 Å². The molecule has 1 aromatic heterocycles. The fraction of sp³-hybridized carbons (Fsp3) is 0.206. The van der Waals surface area contributed by atoms with E-state index < -0.39 is 0 Å². The minimum atomic E-state index is -0.324. The van der Waals surface area contributed by atoms with Crippen LogP contribution in [0.1, 0.15) is 63.1 Å². The van der Waals surface area contributed by atoms with Crippen LogP contribution in [0.25, 0.3) is 0 Å². The molecule has 5 rings (SSSR count). The number of carbonyl (C=O) groups is 3. The molecule has 1 saturated heterocycles. The Bertz CT molecular complexity index is 1670. The van der Waals surface area contributed by atoms with E-state index in [4.69, 9.17) is 5.26 Å². The highest BCUT2D eigenvalue weighted by atomic mass is 16.2. The van der Waals surface area contributed by atoms with E-state index in [2.05, 4.69) is 27.0 Å². The number of amides is 3. The predicted octanol–water partition coefficient (Wildman–Crippen LogP) is 6.24. The summed E-state index contributed by atoms with van der Waals surface area (Å²) in [7, 11) is 0. The van der Waals surface area contributed by atoms with Gasteiger partial charge in [-0.1, -0.05) is 18.2 Å². The number of hydrogen-bond acceptors (Lipinski definition) is 6. The lowest BCUT2D eigenvalue weighted by Crippen LogP contribution is -2.38. The van der Waals surface area contributed by atoms with E-state index in [-0.39, 0.29) is 17.7 Å². The van der Waals surface area contributed by atoms with Gasteiger partial charge in [-0.25, -0.2) is 4.98 Å². The Morgan fingerprint density at radius 1 is 0.860 bits per heavy atom. The Balaban J connectivity index is 1.18. The number of anilines is 4. The largest absolute Gasteiger partial charge is 0.340 e. The van der Waals surface area contributed by atoms with Gasteiger partial charge < -0.3 is 20.9 Å². The fourth-order valence-corrected chi connectivity index (χ4v) is 5.10. The quantitative estimate of drug-likeness (QED) is 0.241. The van der Waals surface area contributed by atoms with Gasteiger partial charge in [-0.2, -0.15) is 5.26 Å². The molecule has 216 valence electrons. The topological polar surface area (TPSA) is 127 Å². The Morgan fingerprint density at radius 2 is 1.53 bits per heavy atom. The number of rotatable bonds is 7. The SMILES string of the molecule is CC(=O)Nc1ccc(Nc2ccc(C(=O)Nc3cc(C(=O)N4CCC(c5ccc(C#N)cc5)CC4)ccc3C)cn2)cc1. The highest BCUT2D eigenvalue weighted by Gasteiger charge is 2.25. The molecular weight excluding hydrogens is 540 g/mol. The van der Waals surface area contributed by atoms with Crippen molar-refractivity contribution in [3.8, 4) is 6.07 Å². The van der Waals surface area contributed by atoms with Crippen LogP contribution in [-0.4, -0.2) is 40.7 Å². The van der Waals surface area contributed by atoms with Crippen molar-refractivity contribution in [2.24, 2.45) is 0 Å². The zero-order valence-corrected chi connectivity index (χ0v) is 24.1. The van der Waals surface area contributed by atoms with E-state index >= 15 is 0 Å². The Labute approximate surface area is 250 Å². The summed E-state index contributed by atoms with van der Waals surface area (Å²) < 4.78 is 0. The molecule has 4 aromatic rings. The summed E-state index contributed by atoms with van der Waals surface area (Å²) in [6.45, 7) is 4.63. The molecule has 3 aromatic carbocycles. The van der Waals surface area contributed by atoms with Gasteiger partial charge in [-0.05, 0) is 97.5 Å². The van der Waals surface area contributed by atoms with Gasteiger partial charge >= 0.3 is 0 Å². The molecule has 0 unspecified atom stereocenters. The number of benzene rings is 3. The van der Waals surface area contributed by atoms with Gasteiger partial charge in [0.15, 0.2) is 0 Å². The third kappa shape index (κ3) is 7.24. The maximum Gasteiger partial charge on any atom is 0.257 e. The average Bonchev–Trinajstić information content (AvgIpc) is 3.03. The Morgan fingerprint density at radius 3 is 2.16 bits per heavy atom. The molecule has 1 aliphatic heterocycles. The van der Waals surface area contributed by atoms with Crippen molar-refractivity contribution < 1.29 is 14.4 Å². The standard InChI is InChI=1S/C34H32N6O3/c1-22-3-6-27(34(43)40-17-15-26(16-18-40)25-7-4-24(20-35)5-8-25)19-31(22)39-33(42)28-9-14-32(36-21-28)38-30-12-10-29(11-13-30)37-23(2)41/h3-14,19,21,26H,15-18H2,1-2H3,(H,36,38)(H,37,41)(H,39,42). The number of pyridine rings is 1. The average molecular weight is 573 g/mol. The van der Waals surface area contributed by atoms with Crippen molar-refractivity contribution in [2.75, 3.05) is 29.0 Å². The summed E-state index contributed by atoms with van der Waals surface area (Å²) in [6, 6.07) is 25.8. The van der Waals surface area contributed by atoms with E-state index in [1.807, 2.05) is 54.3 Å². The van der Waals surface area contributed by atoms with Crippen molar-refractivity contribution in [2.45, 2.75) is 32.6 Å². The van der Waals surface area contributed by atoms with Crippen molar-refractivity contribution in [1.29, 1.82) is 5.26 Å². The third-order valence-electron chi connectivity index (χ3n) is 7.53. The minimum absolute atomic E-state index is 0.0593. The van der Waals surface area contributed by atoms with E-state index in [1.54, 1.807) is 36.4 Å². The number of aryl methyl sites for hydroxylation is 1. The molecule has 1 fully saturated rings. The smallest absolute Gasteiger partial charge is 0.257 e. The molecule has 1 aliphatic rings. The van der Waals surface area contributed by atoms with E-state index in [9.17, 15) is 14.4 Å². The molecule has 9 nitrogen and oxygen atoms in total. The molecule has 0 saturated carbocycles. The number of hydrogen-bond donors (Lipinski definition) is 3. The minimum Gasteiger partial charge on any atom is -0.340 e. The van der Waals surface area contributed by atoms with Gasteiger partial charge in [0, 0.05) is 48.8 Å². The molecule has 2 heterocycles. The first kappa shape index (κ1) is 29.0. The van der Waals surface area contributed by atoms with E-state index in [0.29, 0.717) is 52.9 Å². The van der Waals surface area contributed by atoms with Gasteiger partial charge in [-0.3, -0.25) is 14.4 Å². The number of carbonyl (C=O) groups excluding carboxylic acids is 3.